The maximum Gasteiger partial charge on any atom is 0.196 e. The van der Waals surface area contributed by atoms with Crippen molar-refractivity contribution in [3.63, 3.8) is 0 Å². The van der Waals surface area contributed by atoms with Crippen molar-refractivity contribution in [1.82, 2.24) is 0 Å². The lowest BCUT2D eigenvalue weighted by atomic mass is 9.59. The summed E-state index contributed by atoms with van der Waals surface area (Å²) in [6.45, 7) is 0.716. The summed E-state index contributed by atoms with van der Waals surface area (Å²) in [5.41, 5.74) is 3.83. The molecule has 1 saturated heterocycles. The Morgan fingerprint density at radius 1 is 1.22 bits per heavy atom. The second kappa shape index (κ2) is 9.35. The summed E-state index contributed by atoms with van der Waals surface area (Å²) in [5.74, 6) is -3.82. The lowest BCUT2D eigenvalue weighted by molar-refractivity contribution is -0.265. The predicted octanol–water partition coefficient (Wildman–Crippen LogP) is -0.641. The van der Waals surface area contributed by atoms with Gasteiger partial charge in [0.25, 0.3) is 0 Å². The van der Waals surface area contributed by atoms with Crippen LogP contribution in [0, 0.1) is 11.8 Å². The number of Topliss-reactive ketones (excluding diaryl/α,β-unsaturated/α-hetero) is 3. The molecule has 4 aliphatic rings. The van der Waals surface area contributed by atoms with Crippen LogP contribution in [-0.2, 0) is 14.3 Å². The van der Waals surface area contributed by atoms with E-state index in [-0.39, 0.29) is 53.7 Å². The van der Waals surface area contributed by atoms with Crippen LogP contribution in [0.15, 0.2) is 29.3 Å². The zero-order valence-corrected chi connectivity index (χ0v) is 20.2. The second-order valence-electron chi connectivity index (χ2n) is 10.6. The lowest BCUT2D eigenvalue weighted by Gasteiger charge is -2.51. The molecule has 0 spiro atoms. The van der Waals surface area contributed by atoms with Crippen LogP contribution in [0.5, 0.6) is 5.75 Å². The number of nitrogens with two attached hydrogens (primary N) is 1. The van der Waals surface area contributed by atoms with E-state index in [1.165, 1.54) is 18.2 Å². The molecule has 1 aromatic rings. The Balaban J connectivity index is 1.53. The molecule has 3 aliphatic carbocycles. The van der Waals surface area contributed by atoms with Gasteiger partial charge in [0, 0.05) is 41.5 Å². The van der Waals surface area contributed by atoms with Crippen LogP contribution in [0.2, 0.25) is 0 Å². The summed E-state index contributed by atoms with van der Waals surface area (Å²) in [4.78, 5) is 39.3. The molecule has 1 saturated carbocycles. The van der Waals surface area contributed by atoms with Crippen molar-refractivity contribution in [2.45, 2.75) is 75.0 Å². The normalized spacial score (nSPS) is 39.6. The van der Waals surface area contributed by atoms with Crippen molar-refractivity contribution in [1.29, 1.82) is 0 Å². The number of allylic oxidation sites excluding steroid dienone is 1. The number of phenols is 1. The number of ether oxygens (including phenoxy) is 2. The van der Waals surface area contributed by atoms with E-state index in [1.807, 2.05) is 0 Å². The fourth-order valence-electron chi connectivity index (χ4n) is 6.47. The SMILES string of the molecule is CC1OC(O[C@H]2C[C@](O)(C(=O)CO)CC3CC4=C(C(=O)c5c(O)cccc5C4=O)C(O)C32)CC(N)C1O. The number of ketones is 3. The molecule has 5 rings (SSSR count). The average Bonchev–Trinajstić information content (AvgIpc) is 2.84. The number of rotatable bonds is 4. The van der Waals surface area contributed by atoms with Gasteiger partial charge in [-0.2, -0.15) is 0 Å². The van der Waals surface area contributed by atoms with E-state index >= 15 is 0 Å². The van der Waals surface area contributed by atoms with Crippen molar-refractivity contribution in [3.05, 3.63) is 40.5 Å². The Hall–Kier alpha value is -2.51. The van der Waals surface area contributed by atoms with Gasteiger partial charge in [0.2, 0.25) is 0 Å². The molecule has 1 aromatic carbocycles. The molecule has 1 aliphatic heterocycles. The second-order valence-corrected chi connectivity index (χ2v) is 10.6. The Kier molecular flexibility index (Phi) is 6.60. The minimum absolute atomic E-state index is 0.0161. The first kappa shape index (κ1) is 26.1. The summed E-state index contributed by atoms with van der Waals surface area (Å²) in [6, 6.07) is 3.51. The average molecular weight is 518 g/mol. The molecule has 11 heteroatoms. The van der Waals surface area contributed by atoms with Gasteiger partial charge in [-0.15, -0.1) is 0 Å². The first-order valence-corrected chi connectivity index (χ1v) is 12.4. The van der Waals surface area contributed by atoms with Crippen LogP contribution < -0.4 is 5.73 Å². The zero-order valence-electron chi connectivity index (χ0n) is 20.2. The third-order valence-electron chi connectivity index (χ3n) is 8.34. The highest BCUT2D eigenvalue weighted by Gasteiger charge is 2.57. The molecule has 0 amide bonds. The fraction of sp³-hybridized carbons (Fsp3) is 0.577. The fourth-order valence-corrected chi connectivity index (χ4v) is 6.47. The minimum Gasteiger partial charge on any atom is -0.507 e. The van der Waals surface area contributed by atoms with E-state index in [9.17, 15) is 39.9 Å². The van der Waals surface area contributed by atoms with Crippen molar-refractivity contribution in [2.24, 2.45) is 17.6 Å². The Labute approximate surface area is 212 Å². The molecule has 0 radical (unpaired) electrons. The van der Waals surface area contributed by atoms with Gasteiger partial charge in [0.05, 0.1) is 30.0 Å². The van der Waals surface area contributed by atoms with Crippen LogP contribution in [-0.4, -0.2) is 91.8 Å². The van der Waals surface area contributed by atoms with Gasteiger partial charge in [0.15, 0.2) is 23.6 Å². The van der Waals surface area contributed by atoms with Crippen molar-refractivity contribution in [3.8, 4) is 5.75 Å². The first-order valence-electron chi connectivity index (χ1n) is 12.4. The van der Waals surface area contributed by atoms with Crippen LogP contribution in [0.25, 0.3) is 0 Å². The largest absolute Gasteiger partial charge is 0.507 e. The van der Waals surface area contributed by atoms with Crippen molar-refractivity contribution in [2.75, 3.05) is 6.61 Å². The highest BCUT2D eigenvalue weighted by atomic mass is 16.7. The molecule has 2 fully saturated rings. The first-order chi connectivity index (χ1) is 17.5. The van der Waals surface area contributed by atoms with E-state index in [1.54, 1.807) is 6.92 Å². The number of benzene rings is 1. The summed E-state index contributed by atoms with van der Waals surface area (Å²) < 4.78 is 11.9. The van der Waals surface area contributed by atoms with Crippen molar-refractivity contribution >= 4 is 17.3 Å². The Morgan fingerprint density at radius 3 is 2.62 bits per heavy atom. The van der Waals surface area contributed by atoms with E-state index < -0.39 is 78.1 Å². The predicted molar refractivity (Wildman–Crippen MR) is 125 cm³/mol. The van der Waals surface area contributed by atoms with Gasteiger partial charge in [0.1, 0.15) is 18.0 Å². The van der Waals surface area contributed by atoms with E-state index in [2.05, 4.69) is 0 Å². The summed E-state index contributed by atoms with van der Waals surface area (Å²) in [7, 11) is 0. The molecule has 11 nitrogen and oxygen atoms in total. The third kappa shape index (κ3) is 4.15. The van der Waals surface area contributed by atoms with Crippen molar-refractivity contribution < 1.29 is 49.4 Å². The Bertz CT molecular complexity index is 1170. The van der Waals surface area contributed by atoms with Crippen LogP contribution in [0.1, 0.15) is 53.3 Å². The van der Waals surface area contributed by atoms with Gasteiger partial charge >= 0.3 is 0 Å². The zero-order chi connectivity index (χ0) is 26.8. The van der Waals surface area contributed by atoms with E-state index in [4.69, 9.17) is 15.2 Å². The van der Waals surface area contributed by atoms with Crippen LogP contribution in [0.4, 0.5) is 0 Å². The number of hydrogen-bond donors (Lipinski definition) is 6. The van der Waals surface area contributed by atoms with Gasteiger partial charge < -0.3 is 40.7 Å². The van der Waals surface area contributed by atoms with E-state index in [0.29, 0.717) is 0 Å². The molecule has 200 valence electrons. The number of carbonyl (C=O) groups is 3. The minimum atomic E-state index is -1.99. The summed E-state index contributed by atoms with van der Waals surface area (Å²) in [5, 5.41) is 52.7. The van der Waals surface area contributed by atoms with Gasteiger partial charge in [-0.3, -0.25) is 14.4 Å². The number of aliphatic hydroxyl groups is 4. The van der Waals surface area contributed by atoms with Gasteiger partial charge in [-0.05, 0) is 31.7 Å². The quantitative estimate of drug-likeness (QED) is 0.297. The number of fused-ring (bicyclic) bond motifs is 2. The van der Waals surface area contributed by atoms with Crippen LogP contribution >= 0.6 is 0 Å². The highest BCUT2D eigenvalue weighted by Crippen LogP contribution is 2.51. The maximum absolute atomic E-state index is 13.4. The number of phenolic OH excluding ortho intramolecular Hbond substituents is 1. The van der Waals surface area contributed by atoms with Crippen LogP contribution in [0.3, 0.4) is 0 Å². The van der Waals surface area contributed by atoms with Gasteiger partial charge in [-0.1, -0.05) is 12.1 Å². The standard InChI is InChI=1S/C26H31NO10/c1-10-22(31)14(27)6-18(36-10)37-16-8-26(35,17(30)9-28)7-11-5-13-21(24(33)19(11)16)25(34)20-12(23(13)32)3-2-4-15(20)29/h2-4,10-11,14,16,18-19,22,24,28-29,31,33,35H,5-9,27H2,1H3/t10?,11?,14?,16-,18?,19?,22?,24?,26-/m0/s1. The molecule has 0 aromatic heterocycles. The molecule has 7 N–H and O–H groups in total. The lowest BCUT2D eigenvalue weighted by Crippen LogP contribution is -2.60. The Morgan fingerprint density at radius 2 is 1.95 bits per heavy atom. The molecule has 7 unspecified atom stereocenters. The van der Waals surface area contributed by atoms with Gasteiger partial charge in [-0.25, -0.2) is 0 Å². The number of carbonyl (C=O) groups excluding carboxylic acids is 3. The third-order valence-corrected chi connectivity index (χ3v) is 8.34. The summed E-state index contributed by atoms with van der Waals surface area (Å²) in [6.07, 6.45) is -5.36. The topological polar surface area (TPSA) is 197 Å². The van der Waals surface area contributed by atoms with E-state index in [0.717, 1.165) is 0 Å². The molecular weight excluding hydrogens is 486 g/mol. The molecule has 9 atom stereocenters. The maximum atomic E-state index is 13.4. The monoisotopic (exact) mass is 517 g/mol. The molecule has 37 heavy (non-hydrogen) atoms. The molecule has 1 heterocycles. The number of aromatic hydroxyl groups is 1. The molecular formula is C26H31NO10. The number of aliphatic hydroxyl groups excluding tert-OH is 3. The smallest absolute Gasteiger partial charge is 0.196 e. The number of hydrogen-bond acceptors (Lipinski definition) is 11. The summed E-state index contributed by atoms with van der Waals surface area (Å²) >= 11 is 0. The highest BCUT2D eigenvalue weighted by molar-refractivity contribution is 6.28. The molecule has 0 bridgehead atoms.